The summed E-state index contributed by atoms with van der Waals surface area (Å²) >= 11 is 6.68. The lowest BCUT2D eigenvalue weighted by Crippen LogP contribution is -2.52. The number of rotatable bonds is 17. The van der Waals surface area contributed by atoms with Gasteiger partial charge in [-0.3, -0.25) is 15.1 Å². The van der Waals surface area contributed by atoms with Gasteiger partial charge in [-0.25, -0.2) is 0 Å². The van der Waals surface area contributed by atoms with E-state index in [1.165, 1.54) is 13.1 Å². The minimum Gasteiger partial charge on any atom is -0.493 e. The van der Waals surface area contributed by atoms with Crippen LogP contribution >= 0.6 is 11.6 Å². The highest BCUT2D eigenvalue weighted by Crippen LogP contribution is 2.35. The molecule has 1 fully saturated rings. The van der Waals surface area contributed by atoms with Crippen LogP contribution in [0.5, 0.6) is 17.2 Å². The van der Waals surface area contributed by atoms with Crippen molar-refractivity contribution in [2.45, 2.75) is 58.1 Å². The number of pyridine rings is 1. The van der Waals surface area contributed by atoms with Gasteiger partial charge in [-0.05, 0) is 73.2 Å². The third-order valence-electron chi connectivity index (χ3n) is 8.93. The Morgan fingerprint density at radius 2 is 1.84 bits per heavy atom. The van der Waals surface area contributed by atoms with E-state index in [1.54, 1.807) is 24.4 Å². The van der Waals surface area contributed by atoms with Gasteiger partial charge in [0.1, 0.15) is 42.1 Å². The number of nitrogens with zero attached hydrogens (tertiary/aromatic N) is 3. The molecular weight excluding hydrogens is 672 g/mol. The van der Waals surface area contributed by atoms with Crippen LogP contribution in [0.1, 0.15) is 47.6 Å². The number of halogens is 1. The molecule has 3 aromatic carbocycles. The van der Waals surface area contributed by atoms with Gasteiger partial charge < -0.3 is 34.4 Å². The number of nitriles is 1. The number of carboxylic acids is 1. The largest absolute Gasteiger partial charge is 0.493 e. The Hall–Kier alpha value is -4.70. The molecule has 4 aromatic rings. The summed E-state index contributed by atoms with van der Waals surface area (Å²) in [5.41, 5.74) is 4.04. The van der Waals surface area contributed by atoms with Crippen LogP contribution in [0.15, 0.2) is 73.1 Å². The van der Waals surface area contributed by atoms with Crippen LogP contribution in [-0.2, 0) is 24.6 Å². The van der Waals surface area contributed by atoms with Crippen molar-refractivity contribution in [3.63, 3.8) is 0 Å². The van der Waals surface area contributed by atoms with Crippen LogP contribution in [0.2, 0.25) is 5.02 Å². The molecule has 1 aliphatic heterocycles. The number of benzene rings is 3. The Kier molecular flexibility index (Phi) is 12.9. The average molecular weight is 715 g/mol. The van der Waals surface area contributed by atoms with E-state index in [4.69, 9.17) is 25.8 Å². The number of carboxylic acid groups (broad SMARTS) is 1. The highest BCUT2D eigenvalue weighted by Gasteiger charge is 2.32. The first-order valence-corrected chi connectivity index (χ1v) is 17.2. The molecule has 1 aliphatic rings. The highest BCUT2D eigenvalue weighted by atomic mass is 35.5. The summed E-state index contributed by atoms with van der Waals surface area (Å²) in [5.74, 6) is 0.379. The fourth-order valence-electron chi connectivity index (χ4n) is 5.80. The lowest BCUT2D eigenvalue weighted by Gasteiger charge is -2.25. The molecule has 2 atom stereocenters. The Bertz CT molecular complexity index is 1870. The predicted octanol–water partition coefficient (Wildman–Crippen LogP) is 5.50. The lowest BCUT2D eigenvalue weighted by atomic mass is 9.98. The van der Waals surface area contributed by atoms with Crippen molar-refractivity contribution >= 4 is 17.6 Å². The van der Waals surface area contributed by atoms with E-state index < -0.39 is 18.1 Å². The maximum Gasteiger partial charge on any atom is 0.326 e. The van der Waals surface area contributed by atoms with E-state index in [9.17, 15) is 25.4 Å². The molecule has 51 heavy (non-hydrogen) atoms. The van der Waals surface area contributed by atoms with E-state index in [0.717, 1.165) is 60.5 Å². The number of aliphatic hydroxyl groups is 2. The van der Waals surface area contributed by atoms with Crippen molar-refractivity contribution in [1.82, 2.24) is 15.2 Å². The quantitative estimate of drug-likeness (QED) is 0.102. The first-order chi connectivity index (χ1) is 24.6. The topological polar surface area (TPSA) is 157 Å². The normalized spacial score (nSPS) is 15.6. The highest BCUT2D eigenvalue weighted by molar-refractivity contribution is 6.32. The molecule has 0 unspecified atom stereocenters. The maximum atomic E-state index is 11.8. The summed E-state index contributed by atoms with van der Waals surface area (Å²) in [6.45, 7) is 6.28. The van der Waals surface area contributed by atoms with Crippen LogP contribution in [-0.4, -0.2) is 75.7 Å². The van der Waals surface area contributed by atoms with E-state index in [1.807, 2.05) is 30.3 Å². The molecule has 4 N–H and O–H groups in total. The number of aliphatic carboxylic acids is 1. The third-order valence-corrected chi connectivity index (χ3v) is 9.23. The first kappa shape index (κ1) is 37.6. The van der Waals surface area contributed by atoms with Crippen molar-refractivity contribution in [1.29, 1.82) is 5.26 Å². The summed E-state index contributed by atoms with van der Waals surface area (Å²) in [4.78, 5) is 18.1. The zero-order valence-electron chi connectivity index (χ0n) is 28.8. The van der Waals surface area contributed by atoms with Crippen LogP contribution in [0.3, 0.4) is 0 Å². The molecule has 0 radical (unpaired) electrons. The second-order valence-electron chi connectivity index (χ2n) is 12.9. The van der Waals surface area contributed by atoms with E-state index in [-0.39, 0.29) is 25.9 Å². The van der Waals surface area contributed by atoms with Gasteiger partial charge in [0, 0.05) is 55.8 Å². The first-order valence-electron chi connectivity index (χ1n) is 16.8. The Morgan fingerprint density at radius 1 is 1.06 bits per heavy atom. The number of aliphatic hydroxyl groups excluding tert-OH is 2. The number of β-amino-alcohol motifs (C(OH)–C–C–N with tert-alkyl or cyclic N) is 1. The molecule has 268 valence electrons. The minimum absolute atomic E-state index is 0.0297. The van der Waals surface area contributed by atoms with Crippen molar-refractivity contribution in [2.75, 3.05) is 32.8 Å². The zero-order chi connectivity index (χ0) is 36.4. The Morgan fingerprint density at radius 3 is 2.59 bits per heavy atom. The second kappa shape index (κ2) is 17.5. The third kappa shape index (κ3) is 9.97. The van der Waals surface area contributed by atoms with Crippen LogP contribution in [0, 0.1) is 18.3 Å². The summed E-state index contributed by atoms with van der Waals surface area (Å²) < 4.78 is 18.5. The molecule has 1 aromatic heterocycles. The SMILES string of the molecule is Cc1c(OCCCN2CC[C@@H](O)C2)cccc1-c1cccc(COc2cc(OCc3cncc(C#N)c3)c(CN[C@](C)(CO)C(=O)O)cc2Cl)c1. The summed E-state index contributed by atoms with van der Waals surface area (Å²) in [6.07, 6.45) is 4.55. The van der Waals surface area contributed by atoms with Gasteiger partial charge in [0.05, 0.1) is 29.9 Å². The van der Waals surface area contributed by atoms with Gasteiger partial charge in [-0.15, -0.1) is 0 Å². The van der Waals surface area contributed by atoms with E-state index >= 15 is 0 Å². The van der Waals surface area contributed by atoms with Gasteiger partial charge in [-0.2, -0.15) is 5.26 Å². The van der Waals surface area contributed by atoms with Crippen molar-refractivity contribution < 1.29 is 34.3 Å². The molecule has 11 nitrogen and oxygen atoms in total. The van der Waals surface area contributed by atoms with Gasteiger partial charge >= 0.3 is 5.97 Å². The number of nitrogens with one attached hydrogen (secondary N) is 1. The molecule has 2 heterocycles. The maximum absolute atomic E-state index is 11.8. The monoisotopic (exact) mass is 714 g/mol. The average Bonchev–Trinajstić information content (AvgIpc) is 3.56. The lowest BCUT2D eigenvalue weighted by molar-refractivity contribution is -0.145. The molecule has 0 spiro atoms. The Labute approximate surface area is 303 Å². The summed E-state index contributed by atoms with van der Waals surface area (Å²) in [7, 11) is 0. The van der Waals surface area contributed by atoms with Crippen LogP contribution in [0.4, 0.5) is 0 Å². The second-order valence-corrected chi connectivity index (χ2v) is 13.3. The van der Waals surface area contributed by atoms with Gasteiger partial charge in [0.25, 0.3) is 0 Å². The summed E-state index contributed by atoms with van der Waals surface area (Å²) in [5, 5.41) is 41.5. The summed E-state index contributed by atoms with van der Waals surface area (Å²) in [6, 6.07) is 21.1. The van der Waals surface area contributed by atoms with E-state index in [0.29, 0.717) is 39.8 Å². The van der Waals surface area contributed by atoms with Crippen molar-refractivity contribution in [2.24, 2.45) is 0 Å². The number of hydrogen-bond acceptors (Lipinski definition) is 10. The molecule has 12 heteroatoms. The number of carbonyl (C=O) groups is 1. The molecule has 1 saturated heterocycles. The fraction of sp³-hybridized carbons (Fsp3) is 0.359. The van der Waals surface area contributed by atoms with Crippen molar-refractivity contribution in [3.05, 3.63) is 106 Å². The number of ether oxygens (including phenoxy) is 3. The van der Waals surface area contributed by atoms with Crippen LogP contribution in [0.25, 0.3) is 11.1 Å². The number of aromatic nitrogens is 1. The molecule has 0 saturated carbocycles. The van der Waals surface area contributed by atoms with E-state index in [2.05, 4.69) is 40.3 Å². The molecule has 0 bridgehead atoms. The molecule has 0 amide bonds. The van der Waals surface area contributed by atoms with Gasteiger partial charge in [-0.1, -0.05) is 41.9 Å². The fourth-order valence-corrected chi connectivity index (χ4v) is 6.04. The zero-order valence-corrected chi connectivity index (χ0v) is 29.5. The predicted molar refractivity (Wildman–Crippen MR) is 193 cm³/mol. The standard InChI is InChI=1S/C39H43ClN4O7/c1-26-33(8-4-9-35(26)49-13-5-11-44-12-10-32(46)22-44)30-7-3-6-27(15-30)23-51-37-17-36(50-24-29-14-28(18-41)19-42-20-29)31(16-34(37)40)21-43-39(2,25-45)38(47)48/h3-4,6-9,14-17,19-20,32,43,45-46H,5,10-13,21-25H2,1-2H3,(H,47,48)/t32-,39-/m1/s1. The molecule has 0 aliphatic carbocycles. The van der Waals surface area contributed by atoms with Gasteiger partial charge in [0.15, 0.2) is 0 Å². The number of likely N-dealkylation sites (tertiary alicyclic amines) is 1. The number of hydrogen-bond donors (Lipinski definition) is 4. The molecular formula is C39H43ClN4O7. The Balaban J connectivity index is 1.29. The smallest absolute Gasteiger partial charge is 0.326 e. The molecule has 5 rings (SSSR count). The van der Waals surface area contributed by atoms with Gasteiger partial charge in [0.2, 0.25) is 0 Å². The van der Waals surface area contributed by atoms with Crippen molar-refractivity contribution in [3.8, 4) is 34.4 Å². The minimum atomic E-state index is -1.59. The van der Waals surface area contributed by atoms with Crippen LogP contribution < -0.4 is 19.5 Å².